The summed E-state index contributed by atoms with van der Waals surface area (Å²) in [5, 5.41) is 10.3. The molecule has 3 heteroatoms. The Bertz CT molecular complexity index is 417. The maximum Gasteiger partial charge on any atom is 0.335 e. The number of rotatable bonds is 2. The van der Waals surface area contributed by atoms with Crippen LogP contribution in [0.3, 0.4) is 0 Å². The molecule has 1 aromatic rings. The van der Waals surface area contributed by atoms with E-state index in [1.807, 2.05) is 19.9 Å². The van der Waals surface area contributed by atoms with Crippen LogP contribution in [0.1, 0.15) is 42.3 Å². The van der Waals surface area contributed by atoms with Crippen molar-refractivity contribution in [2.45, 2.75) is 39.7 Å². The molecule has 1 rings (SSSR count). The van der Waals surface area contributed by atoms with E-state index in [-0.39, 0.29) is 5.04 Å². The Labute approximate surface area is 99.5 Å². The van der Waals surface area contributed by atoms with Gasteiger partial charge in [-0.25, -0.2) is 4.79 Å². The van der Waals surface area contributed by atoms with Crippen LogP contribution >= 0.6 is 0 Å². The van der Waals surface area contributed by atoms with Crippen molar-refractivity contribution in [3.05, 3.63) is 28.8 Å². The third kappa shape index (κ3) is 2.95. The van der Waals surface area contributed by atoms with E-state index >= 15 is 0 Å². The second kappa shape index (κ2) is 4.42. The van der Waals surface area contributed by atoms with E-state index in [0.29, 0.717) is 15.1 Å². The molecule has 0 spiro atoms. The smallest absolute Gasteiger partial charge is 0.335 e. The highest BCUT2D eigenvalue weighted by atomic mass is 28.2. The third-order valence-electron chi connectivity index (χ3n) is 2.47. The van der Waals surface area contributed by atoms with Gasteiger partial charge in [0.05, 0.1) is 15.1 Å². The molecule has 0 saturated carbocycles. The Morgan fingerprint density at radius 3 is 2.25 bits per heavy atom. The van der Waals surface area contributed by atoms with Gasteiger partial charge in [-0.3, -0.25) is 0 Å². The number of aryl methyl sites for hydroxylation is 1. The van der Waals surface area contributed by atoms with Gasteiger partial charge in [-0.15, -0.1) is 0 Å². The number of carboxylic acid groups (broad SMARTS) is 1. The third-order valence-corrected chi connectivity index (χ3v) is 4.11. The van der Waals surface area contributed by atoms with Gasteiger partial charge in [0, 0.05) is 0 Å². The molecule has 0 atom stereocenters. The number of hydrogen-bond acceptors (Lipinski definition) is 1. The highest BCUT2D eigenvalue weighted by Crippen LogP contribution is 2.21. The Morgan fingerprint density at radius 2 is 1.81 bits per heavy atom. The molecule has 2 nitrogen and oxygen atoms in total. The first-order valence-electron chi connectivity index (χ1n) is 5.34. The lowest BCUT2D eigenvalue weighted by molar-refractivity contribution is 0.0698. The zero-order valence-electron chi connectivity index (χ0n) is 10.5. The molecule has 0 aliphatic rings. The van der Waals surface area contributed by atoms with E-state index in [1.165, 1.54) is 0 Å². The standard InChI is InChI=1S/C13H18O2Si/c1-8-6-7-10(12(14)15)11(9(8)2)16-13(3,4)5/h6-7H,1-5H3,(H,14,15). The SMILES string of the molecule is Cc1ccc(C(=O)O)c([Si]C(C)(C)C)c1C. The van der Waals surface area contributed by atoms with Crippen molar-refractivity contribution in [1.29, 1.82) is 0 Å². The van der Waals surface area contributed by atoms with Gasteiger partial charge in [-0.05, 0) is 41.3 Å². The molecule has 86 valence electrons. The van der Waals surface area contributed by atoms with Gasteiger partial charge in [0.15, 0.2) is 0 Å². The highest BCUT2D eigenvalue weighted by molar-refractivity contribution is 6.58. The molecule has 16 heavy (non-hydrogen) atoms. The van der Waals surface area contributed by atoms with E-state index in [9.17, 15) is 9.90 Å². The van der Waals surface area contributed by atoms with Crippen LogP contribution in [0.25, 0.3) is 0 Å². The highest BCUT2D eigenvalue weighted by Gasteiger charge is 2.20. The summed E-state index contributed by atoms with van der Waals surface area (Å²) in [5.41, 5.74) is 2.74. The average molecular weight is 234 g/mol. The maximum atomic E-state index is 11.2. The lowest BCUT2D eigenvalue weighted by atomic mass is 10.1. The van der Waals surface area contributed by atoms with E-state index in [2.05, 4.69) is 20.8 Å². The largest absolute Gasteiger partial charge is 0.478 e. The quantitative estimate of drug-likeness (QED) is 0.799. The van der Waals surface area contributed by atoms with Crippen molar-refractivity contribution in [3.8, 4) is 0 Å². The minimum atomic E-state index is -0.824. The lowest BCUT2D eigenvalue weighted by Crippen LogP contribution is -2.31. The van der Waals surface area contributed by atoms with Crippen molar-refractivity contribution in [2.75, 3.05) is 0 Å². The van der Waals surface area contributed by atoms with Gasteiger partial charge >= 0.3 is 5.97 Å². The van der Waals surface area contributed by atoms with Crippen molar-refractivity contribution in [2.24, 2.45) is 0 Å². The first-order chi connectivity index (χ1) is 7.22. The summed E-state index contributed by atoms with van der Waals surface area (Å²) < 4.78 is 0. The zero-order chi connectivity index (χ0) is 12.5. The van der Waals surface area contributed by atoms with Crippen LogP contribution < -0.4 is 5.19 Å². The predicted octanol–water partition coefficient (Wildman–Crippen LogP) is 2.55. The summed E-state index contributed by atoms with van der Waals surface area (Å²) in [5.74, 6) is -0.824. The number of carboxylic acids is 1. The van der Waals surface area contributed by atoms with Gasteiger partial charge < -0.3 is 5.11 Å². The monoisotopic (exact) mass is 234 g/mol. The Kier molecular flexibility index (Phi) is 3.58. The normalized spacial score (nSPS) is 11.6. The fourth-order valence-corrected chi connectivity index (χ4v) is 2.99. The minimum absolute atomic E-state index is 0.128. The van der Waals surface area contributed by atoms with Crippen LogP contribution in [0.4, 0.5) is 0 Å². The molecule has 0 heterocycles. The molecule has 0 amide bonds. The van der Waals surface area contributed by atoms with Crippen LogP contribution in [0.5, 0.6) is 0 Å². The fraction of sp³-hybridized carbons (Fsp3) is 0.462. The maximum absolute atomic E-state index is 11.2. The first kappa shape index (κ1) is 13.0. The number of hydrogen-bond donors (Lipinski definition) is 1. The van der Waals surface area contributed by atoms with E-state index in [0.717, 1.165) is 16.3 Å². The summed E-state index contributed by atoms with van der Waals surface area (Å²) in [6, 6.07) is 3.61. The van der Waals surface area contributed by atoms with Crippen molar-refractivity contribution in [3.63, 3.8) is 0 Å². The van der Waals surface area contributed by atoms with Crippen LogP contribution in [0.15, 0.2) is 12.1 Å². The van der Waals surface area contributed by atoms with Crippen molar-refractivity contribution < 1.29 is 9.90 Å². The summed E-state index contributed by atoms with van der Waals surface area (Å²) in [6.07, 6.45) is 0. The summed E-state index contributed by atoms with van der Waals surface area (Å²) in [4.78, 5) is 11.2. The molecular weight excluding hydrogens is 216 g/mol. The van der Waals surface area contributed by atoms with Crippen molar-refractivity contribution >= 4 is 20.7 Å². The zero-order valence-corrected chi connectivity index (χ0v) is 11.5. The van der Waals surface area contributed by atoms with E-state index in [4.69, 9.17) is 0 Å². The molecule has 0 fully saturated rings. The van der Waals surface area contributed by atoms with Gasteiger partial charge in [-0.2, -0.15) is 0 Å². The molecule has 0 aromatic heterocycles. The second-order valence-corrected chi connectivity index (χ2v) is 7.36. The number of aromatic carboxylic acids is 1. The van der Waals surface area contributed by atoms with Crippen LogP contribution in [-0.2, 0) is 0 Å². The van der Waals surface area contributed by atoms with Crippen LogP contribution in [0, 0.1) is 13.8 Å². The number of carbonyl (C=O) groups is 1. The topological polar surface area (TPSA) is 37.3 Å². The fourth-order valence-electron chi connectivity index (χ4n) is 1.53. The average Bonchev–Trinajstić information content (AvgIpc) is 2.10. The van der Waals surface area contributed by atoms with Crippen molar-refractivity contribution in [1.82, 2.24) is 0 Å². The first-order valence-corrected chi connectivity index (χ1v) is 6.34. The molecule has 0 aliphatic heterocycles. The molecule has 0 saturated heterocycles. The molecule has 0 bridgehead atoms. The minimum Gasteiger partial charge on any atom is -0.478 e. The van der Waals surface area contributed by atoms with Gasteiger partial charge in [0.2, 0.25) is 0 Å². The Morgan fingerprint density at radius 1 is 1.25 bits per heavy atom. The second-order valence-electron chi connectivity index (χ2n) is 5.11. The number of benzene rings is 1. The molecule has 1 aromatic carbocycles. The molecule has 0 aliphatic carbocycles. The molecule has 0 unspecified atom stereocenters. The summed E-state index contributed by atoms with van der Waals surface area (Å²) in [6.45, 7) is 10.4. The lowest BCUT2D eigenvalue weighted by Gasteiger charge is -2.20. The Balaban J connectivity index is 3.32. The van der Waals surface area contributed by atoms with Crippen LogP contribution in [-0.4, -0.2) is 20.6 Å². The molecule has 2 radical (unpaired) electrons. The molecule has 1 N–H and O–H groups in total. The molecular formula is C13H18O2Si. The van der Waals surface area contributed by atoms with Gasteiger partial charge in [-0.1, -0.05) is 26.8 Å². The van der Waals surface area contributed by atoms with Crippen LogP contribution in [0.2, 0.25) is 5.04 Å². The predicted molar refractivity (Wildman–Crippen MR) is 68.0 cm³/mol. The van der Waals surface area contributed by atoms with Gasteiger partial charge in [0.25, 0.3) is 0 Å². The van der Waals surface area contributed by atoms with E-state index < -0.39 is 5.97 Å². The summed E-state index contributed by atoms with van der Waals surface area (Å²) >= 11 is 0. The Hall–Kier alpha value is -1.09. The summed E-state index contributed by atoms with van der Waals surface area (Å²) in [7, 11) is 0.520. The van der Waals surface area contributed by atoms with E-state index in [1.54, 1.807) is 6.07 Å². The van der Waals surface area contributed by atoms with Gasteiger partial charge in [0.1, 0.15) is 0 Å².